The van der Waals surface area contributed by atoms with E-state index in [-0.39, 0.29) is 17.8 Å². The summed E-state index contributed by atoms with van der Waals surface area (Å²) in [6.45, 7) is 3.76. The summed E-state index contributed by atoms with van der Waals surface area (Å²) in [7, 11) is 1.38. The van der Waals surface area contributed by atoms with E-state index in [9.17, 15) is 35.5 Å². The maximum atomic E-state index is 13.9. The van der Waals surface area contributed by atoms with Gasteiger partial charge in [-0.25, -0.2) is 4.39 Å². The topological polar surface area (TPSA) is 45.2 Å². The van der Waals surface area contributed by atoms with Crippen molar-refractivity contribution in [2.75, 3.05) is 18.5 Å². The highest BCUT2D eigenvalue weighted by Gasteiger charge is 2.38. The van der Waals surface area contributed by atoms with Gasteiger partial charge in [-0.15, -0.1) is 0 Å². The fraction of sp³-hybridized carbons (Fsp3) is 0.357. The van der Waals surface area contributed by atoms with E-state index in [1.54, 1.807) is 19.1 Å². The van der Waals surface area contributed by atoms with Crippen molar-refractivity contribution >= 4 is 11.6 Å². The summed E-state index contributed by atoms with van der Waals surface area (Å²) in [6, 6.07) is 7.06. The van der Waals surface area contributed by atoms with Crippen LogP contribution in [0.5, 0.6) is 0 Å². The largest absolute Gasteiger partial charge is 0.416 e. The zero-order chi connectivity index (χ0) is 28.7. The molecule has 2 heterocycles. The lowest BCUT2D eigenvalue weighted by molar-refractivity contribution is -0.143. The third kappa shape index (κ3) is 6.08. The normalized spacial score (nSPS) is 16.8. The number of benzene rings is 2. The first kappa shape index (κ1) is 28.5. The van der Waals surface area contributed by atoms with Gasteiger partial charge in [0, 0.05) is 18.7 Å². The number of hydrogen-bond donors (Lipinski definition) is 1. The van der Waals surface area contributed by atoms with Crippen LogP contribution in [0.3, 0.4) is 0 Å². The van der Waals surface area contributed by atoms with Gasteiger partial charge >= 0.3 is 12.4 Å². The van der Waals surface area contributed by atoms with Gasteiger partial charge in [-0.1, -0.05) is 6.07 Å². The van der Waals surface area contributed by atoms with Gasteiger partial charge in [0.2, 0.25) is 5.91 Å². The Morgan fingerprint density at radius 2 is 1.64 bits per heavy atom. The highest BCUT2D eigenvalue weighted by molar-refractivity contribution is 6.01. The minimum atomic E-state index is -5.04. The van der Waals surface area contributed by atoms with Crippen molar-refractivity contribution in [2.24, 2.45) is 0 Å². The number of nitrogens with zero attached hydrogens (tertiary/aromatic N) is 2. The molecule has 1 aliphatic heterocycles. The number of pyridine rings is 1. The lowest BCUT2D eigenvalue weighted by Crippen LogP contribution is -2.31. The van der Waals surface area contributed by atoms with Gasteiger partial charge in [0.15, 0.2) is 0 Å². The molecule has 0 bridgehead atoms. The smallest absolute Gasteiger partial charge is 0.313 e. The quantitative estimate of drug-likeness (QED) is 0.335. The molecule has 11 heteroatoms. The van der Waals surface area contributed by atoms with Crippen LogP contribution >= 0.6 is 0 Å². The second-order valence-corrected chi connectivity index (χ2v) is 9.69. The SMILES string of the molecule is Cc1cc(F)ccc1-c1cc(C2CCCN2)ncc1N(C)C(=O)C(C)c1cc(C(F)(F)F)cc(C(F)(F)F)c1. The molecule has 0 saturated carbocycles. The number of carbonyl (C=O) groups is 1. The standard InChI is InChI=1S/C28H26F7N3O/c1-15-9-20(29)6-7-21(15)22-13-24(23-5-4-8-36-23)37-14-25(22)38(3)26(39)16(2)17-10-18(27(30,31)32)12-19(11-17)28(33,34)35/h6-7,9-14,16,23,36H,4-5,8H2,1-3H3. The maximum Gasteiger partial charge on any atom is 0.416 e. The van der Waals surface area contributed by atoms with E-state index in [4.69, 9.17) is 0 Å². The average molecular weight is 554 g/mol. The minimum absolute atomic E-state index is 0.0237. The Morgan fingerprint density at radius 1 is 1.00 bits per heavy atom. The summed E-state index contributed by atoms with van der Waals surface area (Å²) in [4.78, 5) is 19.1. The number of halogens is 7. The highest BCUT2D eigenvalue weighted by atomic mass is 19.4. The molecular formula is C28H26F7N3O. The van der Waals surface area contributed by atoms with Crippen LogP contribution in [0.2, 0.25) is 0 Å². The van der Waals surface area contributed by atoms with Gasteiger partial charge < -0.3 is 10.2 Å². The minimum Gasteiger partial charge on any atom is -0.313 e. The first-order chi connectivity index (χ1) is 18.2. The lowest BCUT2D eigenvalue weighted by Gasteiger charge is -2.26. The summed E-state index contributed by atoms with van der Waals surface area (Å²) in [5.74, 6) is -2.54. The number of anilines is 1. The van der Waals surface area contributed by atoms with Crippen LogP contribution < -0.4 is 10.2 Å². The van der Waals surface area contributed by atoms with Crippen molar-refractivity contribution in [2.45, 2.75) is 51.0 Å². The van der Waals surface area contributed by atoms with Gasteiger partial charge in [0.25, 0.3) is 0 Å². The van der Waals surface area contributed by atoms with E-state index in [0.29, 0.717) is 34.5 Å². The van der Waals surface area contributed by atoms with Crippen molar-refractivity contribution in [1.29, 1.82) is 0 Å². The van der Waals surface area contributed by atoms with E-state index in [0.717, 1.165) is 24.3 Å². The average Bonchev–Trinajstić information content (AvgIpc) is 3.41. The molecule has 0 spiro atoms. The zero-order valence-corrected chi connectivity index (χ0v) is 21.3. The number of amides is 1. The Labute approximate surface area is 220 Å². The number of alkyl halides is 6. The molecule has 1 aliphatic rings. The first-order valence-electron chi connectivity index (χ1n) is 12.2. The fourth-order valence-electron chi connectivity index (χ4n) is 4.78. The molecule has 208 valence electrons. The molecule has 0 aliphatic carbocycles. The van der Waals surface area contributed by atoms with E-state index in [1.807, 2.05) is 0 Å². The van der Waals surface area contributed by atoms with Crippen LogP contribution in [-0.2, 0) is 17.1 Å². The maximum absolute atomic E-state index is 13.9. The Bertz CT molecular complexity index is 1350. The molecule has 4 rings (SSSR count). The molecule has 3 aromatic rings. The summed E-state index contributed by atoms with van der Waals surface area (Å²) < 4.78 is 94.2. The Morgan fingerprint density at radius 3 is 2.18 bits per heavy atom. The van der Waals surface area contributed by atoms with Crippen molar-refractivity contribution < 1.29 is 35.5 Å². The van der Waals surface area contributed by atoms with Crippen LogP contribution in [0.4, 0.5) is 36.4 Å². The molecule has 39 heavy (non-hydrogen) atoms. The summed E-state index contributed by atoms with van der Waals surface area (Å²) >= 11 is 0. The second kappa shape index (κ2) is 10.6. The van der Waals surface area contributed by atoms with Crippen LogP contribution in [0.25, 0.3) is 11.1 Å². The molecule has 4 nitrogen and oxygen atoms in total. The third-order valence-electron chi connectivity index (χ3n) is 6.97. The number of rotatable bonds is 5. The van der Waals surface area contributed by atoms with Crippen molar-refractivity contribution in [3.63, 3.8) is 0 Å². The van der Waals surface area contributed by atoms with Crippen molar-refractivity contribution in [1.82, 2.24) is 10.3 Å². The second-order valence-electron chi connectivity index (χ2n) is 9.69. The van der Waals surface area contributed by atoms with Gasteiger partial charge in [-0.05, 0) is 86.3 Å². The summed E-state index contributed by atoms with van der Waals surface area (Å²) in [5.41, 5.74) is -0.696. The number of hydrogen-bond acceptors (Lipinski definition) is 3. The number of nitrogens with one attached hydrogen (secondary N) is 1. The van der Waals surface area contributed by atoms with Crippen LogP contribution in [0.15, 0.2) is 48.7 Å². The molecule has 2 atom stereocenters. The number of carbonyl (C=O) groups excluding carboxylic acids is 1. The lowest BCUT2D eigenvalue weighted by atomic mass is 9.93. The molecular weight excluding hydrogens is 527 g/mol. The van der Waals surface area contributed by atoms with Crippen LogP contribution in [0.1, 0.15) is 59.7 Å². The van der Waals surface area contributed by atoms with Gasteiger partial charge in [0.1, 0.15) is 5.82 Å². The molecule has 1 aromatic heterocycles. The Balaban J connectivity index is 1.77. The Hall–Kier alpha value is -3.47. The number of aromatic nitrogens is 1. The molecule has 0 radical (unpaired) electrons. The molecule has 1 N–H and O–H groups in total. The summed E-state index contributed by atoms with van der Waals surface area (Å²) in [5, 5.41) is 3.33. The van der Waals surface area contributed by atoms with Crippen molar-refractivity contribution in [3.05, 3.63) is 82.4 Å². The van der Waals surface area contributed by atoms with Gasteiger partial charge in [-0.2, -0.15) is 26.3 Å². The molecule has 1 saturated heterocycles. The van der Waals surface area contributed by atoms with E-state index in [2.05, 4.69) is 10.3 Å². The van der Waals surface area contributed by atoms with Crippen molar-refractivity contribution in [3.8, 4) is 11.1 Å². The van der Waals surface area contributed by atoms with Crippen LogP contribution in [-0.4, -0.2) is 24.5 Å². The van der Waals surface area contributed by atoms with Crippen LogP contribution in [0, 0.1) is 12.7 Å². The number of aryl methyl sites for hydroxylation is 1. The van der Waals surface area contributed by atoms with E-state index >= 15 is 0 Å². The van der Waals surface area contributed by atoms with E-state index in [1.165, 1.54) is 32.3 Å². The zero-order valence-electron chi connectivity index (χ0n) is 21.3. The highest BCUT2D eigenvalue weighted by Crippen LogP contribution is 2.40. The monoisotopic (exact) mass is 553 g/mol. The number of likely N-dealkylation sites (N-methyl/N-ethyl adjacent to an activating group) is 1. The van der Waals surface area contributed by atoms with Gasteiger partial charge in [-0.3, -0.25) is 9.78 Å². The predicted molar refractivity (Wildman–Crippen MR) is 133 cm³/mol. The third-order valence-corrected chi connectivity index (χ3v) is 6.97. The van der Waals surface area contributed by atoms with Gasteiger partial charge in [0.05, 0.1) is 34.6 Å². The molecule has 1 fully saturated rings. The molecule has 2 aromatic carbocycles. The van der Waals surface area contributed by atoms with E-state index < -0.39 is 46.7 Å². The molecule has 1 amide bonds. The summed E-state index contributed by atoms with van der Waals surface area (Å²) in [6.07, 6.45) is -6.83. The molecule has 2 unspecified atom stereocenters. The predicted octanol–water partition coefficient (Wildman–Crippen LogP) is 7.42. The fourth-order valence-corrected chi connectivity index (χ4v) is 4.78. The first-order valence-corrected chi connectivity index (χ1v) is 12.2. The Kier molecular flexibility index (Phi) is 7.75.